The quantitative estimate of drug-likeness (QED) is 0.231. The number of esters is 1. The van der Waals surface area contributed by atoms with Gasteiger partial charge < -0.3 is 18.9 Å². The molecule has 7 nitrogen and oxygen atoms in total. The van der Waals surface area contributed by atoms with Crippen molar-refractivity contribution in [3.05, 3.63) is 29.3 Å². The van der Waals surface area contributed by atoms with Gasteiger partial charge in [-0.3, -0.25) is 0 Å². The van der Waals surface area contributed by atoms with Crippen molar-refractivity contribution in [2.45, 2.75) is 46.1 Å². The Morgan fingerprint density at radius 1 is 1.22 bits per heavy atom. The normalized spacial score (nSPS) is 11.3. The number of unbranched alkanes of at least 4 members (excludes halogenated alkanes) is 1. The van der Waals surface area contributed by atoms with Gasteiger partial charge in [0.2, 0.25) is 0 Å². The molecule has 0 amide bonds. The van der Waals surface area contributed by atoms with Crippen LogP contribution in [0.3, 0.4) is 0 Å². The van der Waals surface area contributed by atoms with E-state index in [9.17, 15) is 14.9 Å². The lowest BCUT2D eigenvalue weighted by Gasteiger charge is -2.19. The van der Waals surface area contributed by atoms with Gasteiger partial charge in [0.25, 0.3) is 0 Å². The van der Waals surface area contributed by atoms with E-state index in [2.05, 4.69) is 0 Å². The largest absolute Gasteiger partial charge is 0.514 e. The number of rotatable bonds is 7. The average Bonchev–Trinajstić information content (AvgIpc) is 2.59. The molecule has 1 aromatic carbocycles. The van der Waals surface area contributed by atoms with Gasteiger partial charge in [0.05, 0.1) is 13.7 Å². The van der Waals surface area contributed by atoms with E-state index in [-0.39, 0.29) is 23.7 Å². The van der Waals surface area contributed by atoms with Gasteiger partial charge in [-0.15, -0.1) is 0 Å². The van der Waals surface area contributed by atoms with Crippen molar-refractivity contribution in [2.75, 3.05) is 13.7 Å². The zero-order chi connectivity index (χ0) is 20.4. The highest BCUT2D eigenvalue weighted by atomic mass is 16.7. The summed E-state index contributed by atoms with van der Waals surface area (Å²) in [6.45, 7) is 7.41. The van der Waals surface area contributed by atoms with E-state index < -0.39 is 17.7 Å². The summed E-state index contributed by atoms with van der Waals surface area (Å²) < 4.78 is 20.5. The number of ether oxygens (including phenoxy) is 4. The number of nitriles is 1. The topological polar surface area (TPSA) is 94.9 Å². The second kappa shape index (κ2) is 10.2. The number of hydrogen-bond donors (Lipinski definition) is 0. The van der Waals surface area contributed by atoms with Crippen LogP contribution in [0, 0.1) is 11.3 Å². The van der Waals surface area contributed by atoms with Crippen molar-refractivity contribution in [3.63, 3.8) is 0 Å². The Labute approximate surface area is 159 Å². The van der Waals surface area contributed by atoms with E-state index in [0.29, 0.717) is 5.56 Å². The van der Waals surface area contributed by atoms with Gasteiger partial charge in [0, 0.05) is 0 Å². The van der Waals surface area contributed by atoms with Crippen LogP contribution in [0.5, 0.6) is 11.5 Å². The van der Waals surface area contributed by atoms with Gasteiger partial charge in [-0.1, -0.05) is 19.4 Å². The summed E-state index contributed by atoms with van der Waals surface area (Å²) in [7, 11) is 1.41. The molecule has 0 spiro atoms. The first-order valence-electron chi connectivity index (χ1n) is 8.58. The van der Waals surface area contributed by atoms with E-state index in [1.54, 1.807) is 26.8 Å². The number of hydrogen-bond acceptors (Lipinski definition) is 7. The van der Waals surface area contributed by atoms with Crippen molar-refractivity contribution in [1.29, 1.82) is 5.26 Å². The first kappa shape index (κ1) is 22.0. The maximum absolute atomic E-state index is 11.9. The van der Waals surface area contributed by atoms with Gasteiger partial charge in [-0.05, 0) is 51.0 Å². The Morgan fingerprint density at radius 2 is 1.93 bits per heavy atom. The lowest BCUT2D eigenvalue weighted by molar-refractivity contribution is -0.138. The number of benzene rings is 1. The molecule has 0 N–H and O–H groups in total. The summed E-state index contributed by atoms with van der Waals surface area (Å²) in [6, 6.07) is 6.44. The second-order valence-corrected chi connectivity index (χ2v) is 6.64. The first-order valence-corrected chi connectivity index (χ1v) is 8.58. The van der Waals surface area contributed by atoms with Crippen molar-refractivity contribution in [3.8, 4) is 17.6 Å². The molecule has 0 aliphatic carbocycles. The van der Waals surface area contributed by atoms with Crippen molar-refractivity contribution >= 4 is 18.2 Å². The highest BCUT2D eigenvalue weighted by Crippen LogP contribution is 2.29. The second-order valence-electron chi connectivity index (χ2n) is 6.64. The molecular weight excluding hydrogens is 350 g/mol. The number of methoxy groups -OCH3 is 1. The lowest BCUT2D eigenvalue weighted by Crippen LogP contribution is -2.26. The van der Waals surface area contributed by atoms with Crippen LogP contribution < -0.4 is 9.47 Å². The molecule has 7 heteroatoms. The van der Waals surface area contributed by atoms with Gasteiger partial charge in [0.15, 0.2) is 11.5 Å². The molecule has 0 saturated carbocycles. The highest BCUT2D eigenvalue weighted by molar-refractivity contribution is 5.98. The predicted molar refractivity (Wildman–Crippen MR) is 99.3 cm³/mol. The molecule has 146 valence electrons. The molecule has 0 unspecified atom stereocenters. The third kappa shape index (κ3) is 7.82. The van der Waals surface area contributed by atoms with Crippen LogP contribution in [0.2, 0.25) is 0 Å². The number of nitrogens with zero attached hydrogens (tertiary/aromatic N) is 1. The standard InChI is InChI=1S/C20H25NO6/c1-6-7-10-25-18(22)15(13-21)11-14-8-9-16(17(12-14)24-5)26-19(23)27-20(2,3)4/h8-9,11-12H,6-7,10H2,1-5H3/b15-11+. The third-order valence-electron chi connectivity index (χ3n) is 3.15. The average molecular weight is 375 g/mol. The van der Waals surface area contributed by atoms with Gasteiger partial charge >= 0.3 is 12.1 Å². The van der Waals surface area contributed by atoms with Crippen LogP contribution in [-0.4, -0.2) is 31.4 Å². The fraction of sp³-hybridized carbons (Fsp3) is 0.450. The summed E-state index contributed by atoms with van der Waals surface area (Å²) >= 11 is 0. The summed E-state index contributed by atoms with van der Waals surface area (Å²) in [4.78, 5) is 23.7. The maximum atomic E-state index is 11.9. The molecule has 0 atom stereocenters. The highest BCUT2D eigenvalue weighted by Gasteiger charge is 2.20. The van der Waals surface area contributed by atoms with E-state index in [1.807, 2.05) is 13.0 Å². The van der Waals surface area contributed by atoms with Gasteiger partial charge in [-0.25, -0.2) is 9.59 Å². The van der Waals surface area contributed by atoms with Crippen molar-refractivity contribution in [2.24, 2.45) is 0 Å². The van der Waals surface area contributed by atoms with E-state index in [4.69, 9.17) is 18.9 Å². The number of carbonyl (C=O) groups excluding carboxylic acids is 2. The minimum absolute atomic E-state index is 0.131. The zero-order valence-corrected chi connectivity index (χ0v) is 16.3. The molecule has 0 fully saturated rings. The summed E-state index contributed by atoms with van der Waals surface area (Å²) in [5.41, 5.74) is -0.298. The molecule has 0 bridgehead atoms. The predicted octanol–water partition coefficient (Wildman–Crippen LogP) is 4.26. The van der Waals surface area contributed by atoms with Gasteiger partial charge in [0.1, 0.15) is 17.2 Å². The summed E-state index contributed by atoms with van der Waals surface area (Å²) in [5.74, 6) is -0.266. The van der Waals surface area contributed by atoms with E-state index >= 15 is 0 Å². The zero-order valence-electron chi connectivity index (χ0n) is 16.3. The molecule has 0 radical (unpaired) electrons. The number of carbonyl (C=O) groups is 2. The SMILES string of the molecule is CCCCOC(=O)/C(C#N)=C/c1ccc(OC(=O)OC(C)(C)C)c(OC)c1. The fourth-order valence-corrected chi connectivity index (χ4v) is 1.91. The van der Waals surface area contributed by atoms with Crippen LogP contribution in [0.15, 0.2) is 23.8 Å². The molecule has 0 aromatic heterocycles. The molecule has 0 aliphatic rings. The Morgan fingerprint density at radius 3 is 2.48 bits per heavy atom. The maximum Gasteiger partial charge on any atom is 0.514 e. The lowest BCUT2D eigenvalue weighted by atomic mass is 10.1. The van der Waals surface area contributed by atoms with E-state index in [0.717, 1.165) is 12.8 Å². The van der Waals surface area contributed by atoms with Crippen molar-refractivity contribution in [1.82, 2.24) is 0 Å². The van der Waals surface area contributed by atoms with Gasteiger partial charge in [-0.2, -0.15) is 5.26 Å². The molecule has 0 aliphatic heterocycles. The Hall–Kier alpha value is -3.01. The Balaban J connectivity index is 2.96. The first-order chi connectivity index (χ1) is 12.7. The monoisotopic (exact) mass is 375 g/mol. The Kier molecular flexibility index (Phi) is 8.34. The van der Waals surface area contributed by atoms with Crippen LogP contribution in [0.1, 0.15) is 46.1 Å². The smallest absolute Gasteiger partial charge is 0.493 e. The molecule has 27 heavy (non-hydrogen) atoms. The third-order valence-corrected chi connectivity index (χ3v) is 3.15. The van der Waals surface area contributed by atoms with Crippen molar-refractivity contribution < 1.29 is 28.5 Å². The molecule has 1 rings (SSSR count). The summed E-state index contributed by atoms with van der Waals surface area (Å²) in [6.07, 6.45) is 2.14. The summed E-state index contributed by atoms with van der Waals surface area (Å²) in [5, 5.41) is 9.19. The van der Waals surface area contributed by atoms with Crippen LogP contribution in [0.4, 0.5) is 4.79 Å². The molecule has 1 aromatic rings. The fourth-order valence-electron chi connectivity index (χ4n) is 1.91. The minimum atomic E-state index is -0.860. The molecular formula is C20H25NO6. The minimum Gasteiger partial charge on any atom is -0.493 e. The van der Waals surface area contributed by atoms with Crippen LogP contribution in [-0.2, 0) is 14.3 Å². The molecule has 0 saturated heterocycles. The van der Waals surface area contributed by atoms with E-state index in [1.165, 1.54) is 25.3 Å². The van der Waals surface area contributed by atoms with Crippen LogP contribution in [0.25, 0.3) is 6.08 Å². The Bertz CT molecular complexity index is 740. The van der Waals surface area contributed by atoms with Crippen LogP contribution >= 0.6 is 0 Å². The molecule has 0 heterocycles.